The highest BCUT2D eigenvalue weighted by Crippen LogP contribution is 2.06. The van der Waals surface area contributed by atoms with Gasteiger partial charge in [0.1, 0.15) is 6.61 Å². The van der Waals surface area contributed by atoms with Crippen LogP contribution in [0.4, 0.5) is 8.78 Å². The minimum absolute atomic E-state index is 0.235. The summed E-state index contributed by atoms with van der Waals surface area (Å²) in [6.07, 6.45) is -2.42. The molecule has 17 heavy (non-hydrogen) atoms. The van der Waals surface area contributed by atoms with Crippen LogP contribution in [0.3, 0.4) is 0 Å². The summed E-state index contributed by atoms with van der Waals surface area (Å²) in [6, 6.07) is 9.34. The summed E-state index contributed by atoms with van der Waals surface area (Å²) in [4.78, 5) is 0. The van der Waals surface area contributed by atoms with Crippen molar-refractivity contribution < 1.29 is 13.5 Å². The summed E-state index contributed by atoms with van der Waals surface area (Å²) in [5.41, 5.74) is 1.51. The smallest absolute Gasteiger partial charge is 0.261 e. The molecule has 3 nitrogen and oxygen atoms in total. The van der Waals surface area contributed by atoms with Gasteiger partial charge < -0.3 is 10.1 Å². The van der Waals surface area contributed by atoms with Crippen LogP contribution in [0.5, 0.6) is 0 Å². The molecule has 0 amide bonds. The van der Waals surface area contributed by atoms with E-state index in [2.05, 4.69) is 11.4 Å². The third-order valence-corrected chi connectivity index (χ3v) is 2.12. The first-order chi connectivity index (χ1) is 8.24. The molecular weight excluding hydrogens is 226 g/mol. The topological polar surface area (TPSA) is 45.0 Å². The molecule has 0 aromatic heterocycles. The Kier molecular flexibility index (Phi) is 6.15. The predicted molar refractivity (Wildman–Crippen MR) is 59.7 cm³/mol. The molecule has 0 radical (unpaired) electrons. The van der Waals surface area contributed by atoms with Crippen molar-refractivity contribution in [3.63, 3.8) is 0 Å². The van der Waals surface area contributed by atoms with Crippen molar-refractivity contribution in [2.75, 3.05) is 19.8 Å². The average Bonchev–Trinajstić information content (AvgIpc) is 2.33. The largest absolute Gasteiger partial charge is 0.374 e. The van der Waals surface area contributed by atoms with Crippen molar-refractivity contribution in [2.45, 2.75) is 13.0 Å². The van der Waals surface area contributed by atoms with Gasteiger partial charge in [0.15, 0.2) is 0 Å². The van der Waals surface area contributed by atoms with Gasteiger partial charge in [0, 0.05) is 13.1 Å². The lowest BCUT2D eigenvalue weighted by molar-refractivity contribution is 0.0187. The summed E-state index contributed by atoms with van der Waals surface area (Å²) in [7, 11) is 0. The molecule has 1 aromatic rings. The highest BCUT2D eigenvalue weighted by molar-refractivity contribution is 5.37. The standard InChI is InChI=1S/C12H14F2N2O/c13-12(14)9-17-6-5-16-8-11-4-2-1-3-10(11)7-15/h1-4,12,16H,5-6,8-9H2. The lowest BCUT2D eigenvalue weighted by atomic mass is 10.1. The molecule has 0 aliphatic heterocycles. The molecule has 0 atom stereocenters. The first-order valence-electron chi connectivity index (χ1n) is 5.28. The fraction of sp³-hybridized carbons (Fsp3) is 0.417. The Bertz CT molecular complexity index is 377. The number of hydrogen-bond acceptors (Lipinski definition) is 3. The van der Waals surface area contributed by atoms with E-state index in [1.165, 1.54) is 0 Å². The average molecular weight is 240 g/mol. The molecule has 0 saturated heterocycles. The van der Waals surface area contributed by atoms with Gasteiger partial charge in [-0.15, -0.1) is 0 Å². The highest BCUT2D eigenvalue weighted by atomic mass is 19.3. The molecular formula is C12H14F2N2O. The van der Waals surface area contributed by atoms with E-state index in [0.717, 1.165) is 5.56 Å². The molecule has 0 aliphatic rings. The van der Waals surface area contributed by atoms with Gasteiger partial charge in [-0.3, -0.25) is 0 Å². The van der Waals surface area contributed by atoms with Gasteiger partial charge in [0.2, 0.25) is 0 Å². The van der Waals surface area contributed by atoms with Crippen LogP contribution in [0.2, 0.25) is 0 Å². The van der Waals surface area contributed by atoms with Crippen LogP contribution < -0.4 is 5.32 Å². The Morgan fingerprint density at radius 1 is 1.35 bits per heavy atom. The number of alkyl halides is 2. The first kappa shape index (κ1) is 13.6. The van der Waals surface area contributed by atoms with Crippen LogP contribution >= 0.6 is 0 Å². The van der Waals surface area contributed by atoms with Crippen molar-refractivity contribution in [3.05, 3.63) is 35.4 Å². The normalized spacial score (nSPS) is 10.5. The van der Waals surface area contributed by atoms with Crippen molar-refractivity contribution in [3.8, 4) is 6.07 Å². The lowest BCUT2D eigenvalue weighted by Gasteiger charge is -2.07. The number of ether oxygens (including phenoxy) is 1. The fourth-order valence-corrected chi connectivity index (χ4v) is 1.32. The van der Waals surface area contributed by atoms with Crippen molar-refractivity contribution in [2.24, 2.45) is 0 Å². The molecule has 1 aromatic carbocycles. The minimum atomic E-state index is -2.42. The molecule has 1 rings (SSSR count). The maximum atomic E-state index is 11.7. The second kappa shape index (κ2) is 7.71. The Morgan fingerprint density at radius 3 is 2.82 bits per heavy atom. The van der Waals surface area contributed by atoms with Gasteiger partial charge in [-0.25, -0.2) is 8.78 Å². The predicted octanol–water partition coefficient (Wildman–Crippen LogP) is 1.93. The van der Waals surface area contributed by atoms with E-state index >= 15 is 0 Å². The number of nitrogens with one attached hydrogen (secondary N) is 1. The monoisotopic (exact) mass is 240 g/mol. The van der Waals surface area contributed by atoms with Crippen molar-refractivity contribution in [1.29, 1.82) is 5.26 Å². The second-order valence-corrected chi connectivity index (χ2v) is 3.41. The molecule has 0 aliphatic carbocycles. The molecule has 0 fully saturated rings. The summed E-state index contributed by atoms with van der Waals surface area (Å²) < 4.78 is 28.2. The Hall–Kier alpha value is -1.51. The number of halogens is 2. The zero-order valence-corrected chi connectivity index (χ0v) is 9.33. The Morgan fingerprint density at radius 2 is 2.12 bits per heavy atom. The minimum Gasteiger partial charge on any atom is -0.374 e. The molecule has 5 heteroatoms. The number of rotatable bonds is 7. The third-order valence-electron chi connectivity index (χ3n) is 2.12. The van der Waals surface area contributed by atoms with E-state index in [1.807, 2.05) is 12.1 Å². The van der Waals surface area contributed by atoms with E-state index in [1.54, 1.807) is 12.1 Å². The van der Waals surface area contributed by atoms with Crippen LogP contribution in [-0.4, -0.2) is 26.2 Å². The second-order valence-electron chi connectivity index (χ2n) is 3.41. The van der Waals surface area contributed by atoms with Gasteiger partial charge in [0.25, 0.3) is 6.43 Å². The van der Waals surface area contributed by atoms with Crippen molar-refractivity contribution in [1.82, 2.24) is 5.32 Å². The quantitative estimate of drug-likeness (QED) is 0.741. The first-order valence-corrected chi connectivity index (χ1v) is 5.28. The molecule has 0 bridgehead atoms. The zero-order chi connectivity index (χ0) is 12.5. The van der Waals surface area contributed by atoms with Gasteiger partial charge in [0.05, 0.1) is 18.2 Å². The molecule has 0 heterocycles. The van der Waals surface area contributed by atoms with Gasteiger partial charge in [-0.05, 0) is 11.6 Å². The fourth-order valence-electron chi connectivity index (χ4n) is 1.32. The summed E-state index contributed by atoms with van der Waals surface area (Å²) in [6.45, 7) is 0.712. The Labute approximate surface area is 99.0 Å². The summed E-state index contributed by atoms with van der Waals surface area (Å²) in [5, 5.41) is 11.9. The molecule has 92 valence electrons. The van der Waals surface area contributed by atoms with E-state index < -0.39 is 13.0 Å². The third kappa shape index (κ3) is 5.38. The lowest BCUT2D eigenvalue weighted by Crippen LogP contribution is -2.21. The van der Waals surface area contributed by atoms with Crippen LogP contribution in [0, 0.1) is 11.3 Å². The maximum Gasteiger partial charge on any atom is 0.261 e. The molecule has 0 spiro atoms. The number of hydrogen-bond donors (Lipinski definition) is 1. The van der Waals surface area contributed by atoms with Gasteiger partial charge >= 0.3 is 0 Å². The van der Waals surface area contributed by atoms with Gasteiger partial charge in [-0.1, -0.05) is 18.2 Å². The summed E-state index contributed by atoms with van der Waals surface area (Å²) in [5.74, 6) is 0. The van der Waals surface area contributed by atoms with E-state index in [-0.39, 0.29) is 6.61 Å². The number of nitriles is 1. The van der Waals surface area contributed by atoms with Gasteiger partial charge in [-0.2, -0.15) is 5.26 Å². The molecule has 0 unspecified atom stereocenters. The molecule has 1 N–H and O–H groups in total. The Balaban J connectivity index is 2.20. The van der Waals surface area contributed by atoms with E-state index in [4.69, 9.17) is 10.00 Å². The van der Waals surface area contributed by atoms with Crippen LogP contribution in [0.25, 0.3) is 0 Å². The van der Waals surface area contributed by atoms with E-state index in [0.29, 0.717) is 18.7 Å². The van der Waals surface area contributed by atoms with Crippen molar-refractivity contribution >= 4 is 0 Å². The van der Waals surface area contributed by atoms with Crippen LogP contribution in [0.15, 0.2) is 24.3 Å². The number of benzene rings is 1. The van der Waals surface area contributed by atoms with Crippen LogP contribution in [0.1, 0.15) is 11.1 Å². The zero-order valence-electron chi connectivity index (χ0n) is 9.33. The maximum absolute atomic E-state index is 11.7. The van der Waals surface area contributed by atoms with E-state index in [9.17, 15) is 8.78 Å². The molecule has 0 saturated carbocycles. The van der Waals surface area contributed by atoms with Crippen LogP contribution in [-0.2, 0) is 11.3 Å². The SMILES string of the molecule is N#Cc1ccccc1CNCCOCC(F)F. The summed E-state index contributed by atoms with van der Waals surface area (Å²) >= 11 is 0. The number of nitrogens with zero attached hydrogens (tertiary/aromatic N) is 1. The highest BCUT2D eigenvalue weighted by Gasteiger charge is 2.02.